The lowest BCUT2D eigenvalue weighted by molar-refractivity contribution is -0.239. The largest absolute Gasteiger partial charge is 0.496 e. The highest BCUT2D eigenvalue weighted by atomic mass is 16.7. The van der Waals surface area contributed by atoms with Crippen molar-refractivity contribution in [3.63, 3.8) is 0 Å². The molecule has 0 saturated carbocycles. The maximum Gasteiger partial charge on any atom is 0.273 e. The Kier molecular flexibility index (Phi) is 6.36. The van der Waals surface area contributed by atoms with Crippen molar-refractivity contribution >= 4 is 0 Å². The maximum absolute atomic E-state index is 11.8. The van der Waals surface area contributed by atoms with Gasteiger partial charge < -0.3 is 62.3 Å². The molecule has 2 N–H and O–H groups in total. The van der Waals surface area contributed by atoms with Crippen molar-refractivity contribution in [3.05, 3.63) is 59.7 Å². The first-order valence-electron chi connectivity index (χ1n) is 14.1. The molecule has 2 fully saturated rings. The van der Waals surface area contributed by atoms with Crippen LogP contribution in [0.15, 0.2) is 48.5 Å². The third-order valence-corrected chi connectivity index (χ3v) is 8.52. The lowest BCUT2D eigenvalue weighted by Crippen LogP contribution is -2.51. The summed E-state index contributed by atoms with van der Waals surface area (Å²) in [5.74, 6) is 1.42. The lowest BCUT2D eigenvalue weighted by Gasteiger charge is -2.40. The van der Waals surface area contributed by atoms with E-state index in [0.29, 0.717) is 51.4 Å². The second kappa shape index (κ2) is 10.2. The molecule has 13 nitrogen and oxygen atoms in total. The van der Waals surface area contributed by atoms with Crippen LogP contribution in [0.4, 0.5) is 0 Å². The fourth-order valence-corrected chi connectivity index (χ4v) is 6.34. The van der Waals surface area contributed by atoms with E-state index < -0.39 is 35.8 Å². The van der Waals surface area contributed by atoms with Crippen LogP contribution < -0.4 is 37.9 Å². The minimum Gasteiger partial charge on any atom is -0.496 e. The van der Waals surface area contributed by atoms with Gasteiger partial charge in [-0.25, -0.2) is 0 Å². The van der Waals surface area contributed by atoms with Crippen LogP contribution in [0.25, 0.3) is 0 Å². The highest BCUT2D eigenvalue weighted by molar-refractivity contribution is 5.54. The zero-order chi connectivity index (χ0) is 30.1. The van der Waals surface area contributed by atoms with Gasteiger partial charge in [-0.15, -0.1) is 0 Å². The summed E-state index contributed by atoms with van der Waals surface area (Å²) in [7, 11) is 2.99. The molecule has 232 valence electrons. The highest BCUT2D eigenvalue weighted by Crippen LogP contribution is 2.54. The monoisotopic (exact) mass is 610 g/mol. The van der Waals surface area contributed by atoms with E-state index in [1.54, 1.807) is 48.5 Å². The van der Waals surface area contributed by atoms with Gasteiger partial charge in [0.1, 0.15) is 18.1 Å². The van der Waals surface area contributed by atoms with Crippen molar-refractivity contribution in [2.45, 2.75) is 29.9 Å². The average Bonchev–Trinajstić information content (AvgIpc) is 3.81. The van der Waals surface area contributed by atoms with Gasteiger partial charge in [0.15, 0.2) is 46.2 Å². The SMILES string of the molecule is COCC1(O)Oc2cc(C3OCC4(O)C(Oc5ccc6c(c5)OCO6)OCC34)c(OC)cc2OC1c1ccc2c(c1)OCO2. The van der Waals surface area contributed by atoms with Gasteiger partial charge in [-0.3, -0.25) is 0 Å². The molecular weight excluding hydrogens is 580 g/mol. The number of hydrogen-bond donors (Lipinski definition) is 2. The van der Waals surface area contributed by atoms with Gasteiger partial charge in [0, 0.05) is 30.4 Å². The Labute approximate surface area is 251 Å². The number of fused-ring (bicyclic) bond motifs is 4. The molecule has 0 aromatic heterocycles. The molecule has 0 aliphatic carbocycles. The van der Waals surface area contributed by atoms with Crippen LogP contribution in [-0.2, 0) is 14.2 Å². The Balaban J connectivity index is 1.08. The summed E-state index contributed by atoms with van der Waals surface area (Å²) in [5.41, 5.74) is -0.270. The third kappa shape index (κ3) is 4.26. The van der Waals surface area contributed by atoms with Crippen LogP contribution in [0.3, 0.4) is 0 Å². The standard InChI is InChI=1S/C31H30O13/c1-34-13-31(33)28(16-3-5-20-23(7-16)40-14-38-20)43-25-10-22(35-2)18(9-26(25)44-31)27-19-11-36-29(30(19,32)12-37-27)42-17-4-6-21-24(8-17)41-15-39-21/h3-10,19,27-29,32-33H,11-15H2,1-2H3. The van der Waals surface area contributed by atoms with E-state index in [2.05, 4.69) is 0 Å². The fraction of sp³-hybridized carbons (Fsp3) is 0.419. The molecule has 6 unspecified atom stereocenters. The maximum atomic E-state index is 11.8. The van der Waals surface area contributed by atoms with Gasteiger partial charge in [0.05, 0.1) is 32.3 Å². The number of benzene rings is 3. The van der Waals surface area contributed by atoms with Crippen LogP contribution in [0.1, 0.15) is 23.3 Å². The molecule has 8 rings (SSSR count). The van der Waals surface area contributed by atoms with Gasteiger partial charge in [-0.05, 0) is 30.3 Å². The first-order chi connectivity index (χ1) is 21.4. The molecule has 44 heavy (non-hydrogen) atoms. The Morgan fingerprint density at radius 3 is 2.34 bits per heavy atom. The molecule has 0 bridgehead atoms. The van der Waals surface area contributed by atoms with Gasteiger partial charge >= 0.3 is 0 Å². The molecule has 0 amide bonds. The smallest absolute Gasteiger partial charge is 0.273 e. The molecule has 0 spiro atoms. The zero-order valence-corrected chi connectivity index (χ0v) is 23.8. The summed E-state index contributed by atoms with van der Waals surface area (Å²) in [6, 6.07) is 13.8. The zero-order valence-electron chi connectivity index (χ0n) is 23.8. The van der Waals surface area contributed by atoms with Gasteiger partial charge in [-0.2, -0.15) is 0 Å². The van der Waals surface area contributed by atoms with E-state index in [4.69, 9.17) is 52.1 Å². The highest BCUT2D eigenvalue weighted by Gasteiger charge is 2.61. The third-order valence-electron chi connectivity index (χ3n) is 8.52. The lowest BCUT2D eigenvalue weighted by atomic mass is 9.85. The van der Waals surface area contributed by atoms with Crippen LogP contribution >= 0.6 is 0 Å². The van der Waals surface area contributed by atoms with Crippen molar-refractivity contribution in [1.82, 2.24) is 0 Å². The first-order valence-corrected chi connectivity index (χ1v) is 14.1. The Bertz CT molecular complexity index is 1590. The van der Waals surface area contributed by atoms with Crippen LogP contribution in [-0.4, -0.2) is 75.5 Å². The van der Waals surface area contributed by atoms with E-state index in [-0.39, 0.29) is 39.2 Å². The molecule has 5 heterocycles. The van der Waals surface area contributed by atoms with E-state index in [0.717, 1.165) is 0 Å². The van der Waals surface area contributed by atoms with Crippen LogP contribution in [0.5, 0.6) is 46.0 Å². The normalized spacial score (nSPS) is 30.7. The van der Waals surface area contributed by atoms with Crippen molar-refractivity contribution in [2.24, 2.45) is 5.92 Å². The molecule has 3 aromatic carbocycles. The Morgan fingerprint density at radius 1 is 0.818 bits per heavy atom. The molecule has 5 aliphatic rings. The fourth-order valence-electron chi connectivity index (χ4n) is 6.34. The van der Waals surface area contributed by atoms with Crippen molar-refractivity contribution < 1.29 is 62.3 Å². The number of ether oxygens (including phenoxy) is 11. The topological polar surface area (TPSA) is 142 Å². The molecular formula is C31H30O13. The number of methoxy groups -OCH3 is 2. The molecule has 3 aromatic rings. The van der Waals surface area contributed by atoms with Crippen molar-refractivity contribution in [3.8, 4) is 46.0 Å². The second-order valence-electron chi connectivity index (χ2n) is 11.2. The molecule has 5 aliphatic heterocycles. The van der Waals surface area contributed by atoms with E-state index in [9.17, 15) is 10.2 Å². The summed E-state index contributed by atoms with van der Waals surface area (Å²) >= 11 is 0. The summed E-state index contributed by atoms with van der Waals surface area (Å²) in [5, 5.41) is 23.4. The Hall–Kier alpha value is -4.14. The Morgan fingerprint density at radius 2 is 1.57 bits per heavy atom. The van der Waals surface area contributed by atoms with E-state index in [1.165, 1.54) is 14.2 Å². The second-order valence-corrected chi connectivity index (χ2v) is 11.2. The van der Waals surface area contributed by atoms with Crippen molar-refractivity contribution in [2.75, 3.05) is 47.6 Å². The van der Waals surface area contributed by atoms with Gasteiger partial charge in [-0.1, -0.05) is 6.07 Å². The van der Waals surface area contributed by atoms with E-state index in [1.807, 2.05) is 0 Å². The summed E-state index contributed by atoms with van der Waals surface area (Å²) in [6.07, 6.45) is -2.60. The first kappa shape index (κ1) is 27.4. The summed E-state index contributed by atoms with van der Waals surface area (Å²) in [4.78, 5) is 0. The molecule has 2 saturated heterocycles. The number of hydrogen-bond acceptors (Lipinski definition) is 13. The van der Waals surface area contributed by atoms with E-state index >= 15 is 0 Å². The molecule has 6 atom stereocenters. The quantitative estimate of drug-likeness (QED) is 0.405. The van der Waals surface area contributed by atoms with Crippen molar-refractivity contribution in [1.29, 1.82) is 0 Å². The minimum atomic E-state index is -1.89. The predicted octanol–water partition coefficient (Wildman–Crippen LogP) is 2.85. The number of rotatable bonds is 7. The molecule has 0 radical (unpaired) electrons. The minimum absolute atomic E-state index is 0.0467. The molecule has 13 heteroatoms. The predicted molar refractivity (Wildman–Crippen MR) is 146 cm³/mol. The average molecular weight is 611 g/mol. The summed E-state index contributed by atoms with van der Waals surface area (Å²) in [6.45, 7) is 0.172. The number of aliphatic hydroxyl groups is 2. The van der Waals surface area contributed by atoms with Crippen LogP contribution in [0, 0.1) is 5.92 Å². The van der Waals surface area contributed by atoms with Crippen LogP contribution in [0.2, 0.25) is 0 Å². The summed E-state index contributed by atoms with van der Waals surface area (Å²) < 4.78 is 63.6. The van der Waals surface area contributed by atoms with Gasteiger partial charge in [0.25, 0.3) is 5.79 Å². The van der Waals surface area contributed by atoms with Gasteiger partial charge in [0.2, 0.25) is 19.9 Å².